The van der Waals surface area contributed by atoms with Crippen LogP contribution in [0.25, 0.3) is 0 Å². The summed E-state index contributed by atoms with van der Waals surface area (Å²) in [5, 5.41) is 23.0. The molecule has 0 heterocycles. The Labute approximate surface area is 117 Å². The highest BCUT2D eigenvalue weighted by Gasteiger charge is 2.29. The molecule has 1 aliphatic rings. The lowest BCUT2D eigenvalue weighted by atomic mass is 9.85. The summed E-state index contributed by atoms with van der Waals surface area (Å²) in [4.78, 5) is 11.9. The summed E-state index contributed by atoms with van der Waals surface area (Å²) in [5.74, 6) is -0.547. The molecule has 1 amide bonds. The molecule has 1 fully saturated rings. The van der Waals surface area contributed by atoms with Crippen molar-refractivity contribution in [3.8, 4) is 5.75 Å². The number of halogens is 1. The third-order valence-corrected chi connectivity index (χ3v) is 3.80. The molecule has 3 N–H and O–H groups in total. The smallest absolute Gasteiger partial charge is 0.255 e. The Morgan fingerprint density at radius 3 is 2.63 bits per heavy atom. The fourth-order valence-electron chi connectivity index (χ4n) is 2.42. The minimum absolute atomic E-state index is 0.152. The van der Waals surface area contributed by atoms with Gasteiger partial charge in [0.05, 0.1) is 11.2 Å². The Bertz CT molecular complexity index is 470. The van der Waals surface area contributed by atoms with Crippen LogP contribution in [0, 0.1) is 0 Å². The SMILES string of the molecule is O=C(NCC1(O)CCCCC1)c1ccc(Cl)cc1O. The highest BCUT2D eigenvalue weighted by molar-refractivity contribution is 6.30. The van der Waals surface area contributed by atoms with Gasteiger partial charge in [-0.25, -0.2) is 0 Å². The normalized spacial score (nSPS) is 18.0. The molecule has 0 unspecified atom stereocenters. The molecule has 0 aromatic heterocycles. The number of rotatable bonds is 3. The summed E-state index contributed by atoms with van der Waals surface area (Å²) in [6.45, 7) is 0.216. The van der Waals surface area contributed by atoms with Crippen molar-refractivity contribution >= 4 is 17.5 Å². The number of aromatic hydroxyl groups is 1. The van der Waals surface area contributed by atoms with Crippen LogP contribution in [0.15, 0.2) is 18.2 Å². The van der Waals surface area contributed by atoms with E-state index >= 15 is 0 Å². The van der Waals surface area contributed by atoms with Gasteiger partial charge in [0.2, 0.25) is 0 Å². The predicted molar refractivity (Wildman–Crippen MR) is 73.5 cm³/mol. The zero-order chi connectivity index (χ0) is 13.9. The van der Waals surface area contributed by atoms with Gasteiger partial charge in [-0.15, -0.1) is 0 Å². The highest BCUT2D eigenvalue weighted by atomic mass is 35.5. The van der Waals surface area contributed by atoms with Crippen molar-refractivity contribution in [2.45, 2.75) is 37.7 Å². The van der Waals surface area contributed by atoms with Crippen molar-refractivity contribution in [2.75, 3.05) is 6.54 Å². The fourth-order valence-corrected chi connectivity index (χ4v) is 2.59. The summed E-state index contributed by atoms with van der Waals surface area (Å²) in [7, 11) is 0. The van der Waals surface area contributed by atoms with E-state index in [4.69, 9.17) is 11.6 Å². The number of carbonyl (C=O) groups excluding carboxylic acids is 1. The summed E-state index contributed by atoms with van der Waals surface area (Å²) >= 11 is 5.71. The van der Waals surface area contributed by atoms with Gasteiger partial charge >= 0.3 is 0 Å². The molecule has 1 aromatic carbocycles. The summed E-state index contributed by atoms with van der Waals surface area (Å²) < 4.78 is 0. The van der Waals surface area contributed by atoms with Crippen LogP contribution in [-0.2, 0) is 0 Å². The molecule has 1 saturated carbocycles. The third-order valence-electron chi connectivity index (χ3n) is 3.57. The maximum Gasteiger partial charge on any atom is 0.255 e. The fraction of sp³-hybridized carbons (Fsp3) is 0.500. The van der Waals surface area contributed by atoms with Gasteiger partial charge in [0.15, 0.2) is 0 Å². The van der Waals surface area contributed by atoms with Gasteiger partial charge < -0.3 is 15.5 Å². The van der Waals surface area contributed by atoms with Crippen LogP contribution in [0.5, 0.6) is 5.75 Å². The molecule has 0 spiro atoms. The number of carbonyl (C=O) groups is 1. The van der Waals surface area contributed by atoms with Crippen LogP contribution in [0.1, 0.15) is 42.5 Å². The van der Waals surface area contributed by atoms with Crippen LogP contribution in [0.2, 0.25) is 5.02 Å². The number of nitrogens with one attached hydrogen (secondary N) is 1. The monoisotopic (exact) mass is 283 g/mol. The molecule has 4 nitrogen and oxygen atoms in total. The van der Waals surface area contributed by atoms with Crippen molar-refractivity contribution in [1.82, 2.24) is 5.32 Å². The molecule has 0 bridgehead atoms. The minimum atomic E-state index is -0.810. The lowest BCUT2D eigenvalue weighted by molar-refractivity contribution is 0.00523. The van der Waals surface area contributed by atoms with Crippen LogP contribution in [-0.4, -0.2) is 28.3 Å². The van der Waals surface area contributed by atoms with Gasteiger partial charge in [-0.1, -0.05) is 30.9 Å². The molecule has 0 aliphatic heterocycles. The van der Waals surface area contributed by atoms with Crippen LogP contribution < -0.4 is 5.32 Å². The van der Waals surface area contributed by atoms with Gasteiger partial charge in [0.1, 0.15) is 5.75 Å². The first-order chi connectivity index (χ1) is 9.00. The number of benzene rings is 1. The third kappa shape index (κ3) is 3.61. The van der Waals surface area contributed by atoms with E-state index in [-0.39, 0.29) is 17.9 Å². The van der Waals surface area contributed by atoms with Gasteiger partial charge in [-0.3, -0.25) is 4.79 Å². The Kier molecular flexibility index (Phi) is 4.32. The quantitative estimate of drug-likeness (QED) is 0.798. The van der Waals surface area contributed by atoms with E-state index in [2.05, 4.69) is 5.32 Å². The number of amides is 1. The predicted octanol–water partition coefficient (Wildman–Crippen LogP) is 2.47. The second-order valence-electron chi connectivity index (χ2n) is 5.13. The largest absolute Gasteiger partial charge is 0.507 e. The van der Waals surface area contributed by atoms with E-state index in [0.717, 1.165) is 19.3 Å². The zero-order valence-corrected chi connectivity index (χ0v) is 11.4. The topological polar surface area (TPSA) is 69.6 Å². The van der Waals surface area contributed by atoms with E-state index in [0.29, 0.717) is 17.9 Å². The number of aliphatic hydroxyl groups is 1. The molecule has 0 atom stereocenters. The minimum Gasteiger partial charge on any atom is -0.507 e. The molecule has 19 heavy (non-hydrogen) atoms. The van der Waals surface area contributed by atoms with Gasteiger partial charge in [-0.05, 0) is 31.0 Å². The molecule has 0 saturated heterocycles. The van der Waals surface area contributed by atoms with E-state index < -0.39 is 11.5 Å². The summed E-state index contributed by atoms with van der Waals surface area (Å²) in [5.41, 5.74) is -0.639. The second kappa shape index (κ2) is 5.80. The Hall–Kier alpha value is -1.26. The van der Waals surface area contributed by atoms with Crippen molar-refractivity contribution < 1.29 is 15.0 Å². The maximum atomic E-state index is 11.9. The van der Waals surface area contributed by atoms with E-state index in [1.54, 1.807) is 6.07 Å². The van der Waals surface area contributed by atoms with Crippen molar-refractivity contribution in [2.24, 2.45) is 0 Å². The average molecular weight is 284 g/mol. The highest BCUT2D eigenvalue weighted by Crippen LogP contribution is 2.27. The Morgan fingerprint density at radius 2 is 2.00 bits per heavy atom. The van der Waals surface area contributed by atoms with Crippen LogP contribution >= 0.6 is 11.6 Å². The van der Waals surface area contributed by atoms with Crippen molar-refractivity contribution in [1.29, 1.82) is 0 Å². The summed E-state index contributed by atoms with van der Waals surface area (Å²) in [6.07, 6.45) is 4.52. The Morgan fingerprint density at radius 1 is 1.32 bits per heavy atom. The first-order valence-corrected chi connectivity index (χ1v) is 6.87. The zero-order valence-electron chi connectivity index (χ0n) is 10.7. The van der Waals surface area contributed by atoms with Crippen LogP contribution in [0.4, 0.5) is 0 Å². The van der Waals surface area contributed by atoms with E-state index in [9.17, 15) is 15.0 Å². The maximum absolute atomic E-state index is 11.9. The standard InChI is InChI=1S/C14H18ClNO3/c15-10-4-5-11(12(17)8-10)13(18)16-9-14(19)6-2-1-3-7-14/h4-5,8,17,19H,1-3,6-7,9H2,(H,16,18). The van der Waals surface area contributed by atoms with E-state index in [1.165, 1.54) is 12.1 Å². The van der Waals surface area contributed by atoms with Crippen molar-refractivity contribution in [3.05, 3.63) is 28.8 Å². The molecule has 1 aromatic rings. The first-order valence-electron chi connectivity index (χ1n) is 6.49. The van der Waals surface area contributed by atoms with Crippen molar-refractivity contribution in [3.63, 3.8) is 0 Å². The second-order valence-corrected chi connectivity index (χ2v) is 5.57. The first kappa shape index (κ1) is 14.2. The summed E-state index contributed by atoms with van der Waals surface area (Å²) in [6, 6.07) is 4.34. The van der Waals surface area contributed by atoms with Gasteiger partial charge in [0.25, 0.3) is 5.91 Å². The number of phenolic OH excluding ortho intramolecular Hbond substituents is 1. The average Bonchev–Trinajstić information content (AvgIpc) is 2.37. The Balaban J connectivity index is 1.97. The van der Waals surface area contributed by atoms with E-state index in [1.807, 2.05) is 0 Å². The molecule has 1 aliphatic carbocycles. The molecular formula is C14H18ClNO3. The number of hydrogen-bond donors (Lipinski definition) is 3. The molecule has 0 radical (unpaired) electrons. The molecule has 2 rings (SSSR count). The number of phenols is 1. The molecule has 5 heteroatoms. The van der Waals surface area contributed by atoms with Gasteiger partial charge in [0, 0.05) is 11.6 Å². The van der Waals surface area contributed by atoms with Crippen LogP contribution in [0.3, 0.4) is 0 Å². The molecular weight excluding hydrogens is 266 g/mol. The lowest BCUT2D eigenvalue weighted by Crippen LogP contribution is -2.44. The molecule has 104 valence electrons. The van der Waals surface area contributed by atoms with Gasteiger partial charge in [-0.2, -0.15) is 0 Å². The lowest BCUT2D eigenvalue weighted by Gasteiger charge is -2.32. The number of hydrogen-bond acceptors (Lipinski definition) is 3.